The summed E-state index contributed by atoms with van der Waals surface area (Å²) < 4.78 is 5.05. The Balaban J connectivity index is 3.22. The van der Waals surface area contributed by atoms with Crippen LogP contribution in [-0.4, -0.2) is 66.1 Å². The molecule has 0 aliphatic heterocycles. The van der Waals surface area contributed by atoms with E-state index in [4.69, 9.17) is 4.74 Å². The van der Waals surface area contributed by atoms with Gasteiger partial charge in [0.05, 0.1) is 7.11 Å². The molecule has 0 aliphatic rings. The summed E-state index contributed by atoms with van der Waals surface area (Å²) in [7, 11) is 4.96. The summed E-state index contributed by atoms with van der Waals surface area (Å²) >= 11 is 0. The molecule has 126 valence electrons. The fraction of sp³-hybridized carbons (Fsp3) is 0.643. The molecule has 9 heteroatoms. The number of likely N-dealkylation sites (N-methyl/N-ethyl adjacent to an activating group) is 1. The molecule has 0 N–H and O–H groups in total. The number of anilines is 2. The summed E-state index contributed by atoms with van der Waals surface area (Å²) in [6.45, 7) is 6.57. The summed E-state index contributed by atoms with van der Waals surface area (Å²) in [6, 6.07) is -0.636. The lowest BCUT2D eigenvalue weighted by Crippen LogP contribution is -2.46. The first kappa shape index (κ1) is 18.4. The highest BCUT2D eigenvalue weighted by Gasteiger charge is 2.28. The van der Waals surface area contributed by atoms with Gasteiger partial charge in [-0.25, -0.2) is 4.90 Å². The topological polar surface area (TPSA) is 98.5 Å². The molecule has 9 nitrogen and oxygen atoms in total. The second-order valence-corrected chi connectivity index (χ2v) is 4.97. The van der Waals surface area contributed by atoms with Crippen LogP contribution in [0.25, 0.3) is 0 Å². The zero-order valence-corrected chi connectivity index (χ0v) is 14.4. The van der Waals surface area contributed by atoms with E-state index in [1.54, 1.807) is 30.8 Å². The van der Waals surface area contributed by atoms with E-state index in [1.807, 2.05) is 20.0 Å². The average Bonchev–Trinajstić information content (AvgIpc) is 2.55. The smallest absolute Gasteiger partial charge is 0.322 e. The van der Waals surface area contributed by atoms with Gasteiger partial charge in [-0.3, -0.25) is 4.79 Å². The van der Waals surface area contributed by atoms with E-state index < -0.39 is 6.04 Å². The Kier molecular flexibility index (Phi) is 6.50. The first-order valence-corrected chi connectivity index (χ1v) is 7.34. The van der Waals surface area contributed by atoms with E-state index in [2.05, 4.69) is 15.0 Å². The lowest BCUT2D eigenvalue weighted by atomic mass is 10.2. The van der Waals surface area contributed by atoms with Crippen molar-refractivity contribution in [3.8, 4) is 12.2 Å². The van der Waals surface area contributed by atoms with E-state index >= 15 is 0 Å². The van der Waals surface area contributed by atoms with E-state index in [1.165, 1.54) is 7.11 Å². The van der Waals surface area contributed by atoms with Crippen molar-refractivity contribution in [2.24, 2.45) is 0 Å². The van der Waals surface area contributed by atoms with Crippen LogP contribution in [0.1, 0.15) is 20.8 Å². The van der Waals surface area contributed by atoms with Gasteiger partial charge in [0.25, 0.3) is 0 Å². The Morgan fingerprint density at radius 2 is 1.78 bits per heavy atom. The van der Waals surface area contributed by atoms with Crippen LogP contribution >= 0.6 is 0 Å². The molecule has 0 aliphatic carbocycles. The highest BCUT2D eigenvalue weighted by Crippen LogP contribution is 2.18. The molecule has 0 fully saturated rings. The molecule has 1 heterocycles. The van der Waals surface area contributed by atoms with E-state index in [-0.39, 0.29) is 17.9 Å². The van der Waals surface area contributed by atoms with Gasteiger partial charge in [0, 0.05) is 27.2 Å². The van der Waals surface area contributed by atoms with Crippen molar-refractivity contribution in [2.45, 2.75) is 26.8 Å². The van der Waals surface area contributed by atoms with Crippen LogP contribution in [0.3, 0.4) is 0 Å². The van der Waals surface area contributed by atoms with Crippen LogP contribution in [0.15, 0.2) is 0 Å². The van der Waals surface area contributed by atoms with Crippen molar-refractivity contribution in [3.63, 3.8) is 0 Å². The molecular formula is C14H23N7O2. The molecule has 1 unspecified atom stereocenters. The van der Waals surface area contributed by atoms with Crippen molar-refractivity contribution >= 4 is 17.8 Å². The molecule has 23 heavy (non-hydrogen) atoms. The summed E-state index contributed by atoms with van der Waals surface area (Å²) in [5.41, 5.74) is 0. The third-order valence-electron chi connectivity index (χ3n) is 3.32. The minimum atomic E-state index is -0.720. The van der Waals surface area contributed by atoms with Gasteiger partial charge in [-0.15, -0.1) is 0 Å². The predicted octanol–water partition coefficient (Wildman–Crippen LogP) is 0.491. The number of rotatable bonds is 7. The zero-order chi connectivity index (χ0) is 17.6. The minimum absolute atomic E-state index is 0.0797. The monoisotopic (exact) mass is 321 g/mol. The molecule has 1 amide bonds. The Bertz CT molecular complexity index is 581. The SMILES string of the molecule is CCN(CC)C(=O)C(C)N(C#N)c1nc(OC)nc(N(C)C)n1. The molecule has 1 rings (SSSR count). The number of amides is 1. The van der Waals surface area contributed by atoms with Crippen LogP contribution in [0.5, 0.6) is 6.01 Å². The third kappa shape index (κ3) is 4.18. The first-order valence-electron chi connectivity index (χ1n) is 7.34. The van der Waals surface area contributed by atoms with Crippen molar-refractivity contribution < 1.29 is 9.53 Å². The lowest BCUT2D eigenvalue weighted by molar-refractivity contribution is -0.131. The lowest BCUT2D eigenvalue weighted by Gasteiger charge is -2.27. The van der Waals surface area contributed by atoms with Crippen molar-refractivity contribution in [3.05, 3.63) is 0 Å². The number of hydrogen-bond acceptors (Lipinski definition) is 8. The molecule has 0 spiro atoms. The van der Waals surface area contributed by atoms with Gasteiger partial charge < -0.3 is 14.5 Å². The number of nitrogens with zero attached hydrogens (tertiary/aromatic N) is 7. The van der Waals surface area contributed by atoms with Crippen LogP contribution in [0.4, 0.5) is 11.9 Å². The van der Waals surface area contributed by atoms with E-state index in [9.17, 15) is 10.1 Å². The van der Waals surface area contributed by atoms with Crippen LogP contribution < -0.4 is 14.5 Å². The summed E-state index contributed by atoms with van der Waals surface area (Å²) in [6.07, 6.45) is 1.98. The van der Waals surface area contributed by atoms with E-state index in [0.29, 0.717) is 19.0 Å². The highest BCUT2D eigenvalue weighted by atomic mass is 16.5. The number of carbonyl (C=O) groups excluding carboxylic acids is 1. The third-order valence-corrected chi connectivity index (χ3v) is 3.32. The first-order chi connectivity index (χ1) is 10.9. The van der Waals surface area contributed by atoms with Gasteiger partial charge in [0.1, 0.15) is 6.04 Å². The zero-order valence-electron chi connectivity index (χ0n) is 14.4. The largest absolute Gasteiger partial charge is 0.467 e. The molecule has 0 bridgehead atoms. The number of nitriles is 1. The van der Waals surface area contributed by atoms with Gasteiger partial charge in [-0.2, -0.15) is 20.2 Å². The van der Waals surface area contributed by atoms with Crippen LogP contribution in [0, 0.1) is 11.5 Å². The van der Waals surface area contributed by atoms with Crippen molar-refractivity contribution in [1.29, 1.82) is 5.26 Å². The molecule has 1 atom stereocenters. The minimum Gasteiger partial charge on any atom is -0.467 e. The molecule has 0 radical (unpaired) electrons. The Morgan fingerprint density at radius 3 is 2.22 bits per heavy atom. The fourth-order valence-electron chi connectivity index (χ4n) is 1.95. The number of aromatic nitrogens is 3. The molecule has 0 saturated heterocycles. The Morgan fingerprint density at radius 1 is 1.22 bits per heavy atom. The van der Waals surface area contributed by atoms with Gasteiger partial charge in [-0.05, 0) is 20.8 Å². The van der Waals surface area contributed by atoms with Crippen LogP contribution in [0.2, 0.25) is 0 Å². The van der Waals surface area contributed by atoms with E-state index in [0.717, 1.165) is 4.90 Å². The Hall–Kier alpha value is -2.63. The number of methoxy groups -OCH3 is 1. The molecule has 0 aromatic carbocycles. The molecular weight excluding hydrogens is 298 g/mol. The maximum Gasteiger partial charge on any atom is 0.322 e. The summed E-state index contributed by atoms with van der Waals surface area (Å²) in [5, 5.41) is 9.47. The number of carbonyl (C=O) groups is 1. The fourth-order valence-corrected chi connectivity index (χ4v) is 1.95. The average molecular weight is 321 g/mol. The second kappa shape index (κ2) is 8.12. The maximum absolute atomic E-state index is 12.5. The molecule has 0 saturated carbocycles. The van der Waals surface area contributed by atoms with Crippen molar-refractivity contribution in [2.75, 3.05) is 44.1 Å². The van der Waals surface area contributed by atoms with Gasteiger partial charge in [-0.1, -0.05) is 0 Å². The van der Waals surface area contributed by atoms with Gasteiger partial charge in [0.15, 0.2) is 6.19 Å². The second-order valence-electron chi connectivity index (χ2n) is 4.97. The summed E-state index contributed by atoms with van der Waals surface area (Å²) in [5.74, 6) is 0.257. The standard InChI is InChI=1S/C14H23N7O2/c1-7-20(8-2)11(22)10(3)21(9-15)13-16-12(19(4)5)17-14(18-13)23-6/h10H,7-8H2,1-6H3. The maximum atomic E-state index is 12.5. The predicted molar refractivity (Wildman–Crippen MR) is 86.2 cm³/mol. The van der Waals surface area contributed by atoms with Crippen LogP contribution in [-0.2, 0) is 4.79 Å². The Labute approximate surface area is 136 Å². The normalized spacial score (nSPS) is 11.3. The van der Waals surface area contributed by atoms with Gasteiger partial charge in [0.2, 0.25) is 17.8 Å². The molecule has 1 aromatic rings. The van der Waals surface area contributed by atoms with Gasteiger partial charge >= 0.3 is 6.01 Å². The quantitative estimate of drug-likeness (QED) is 0.528. The summed E-state index contributed by atoms with van der Waals surface area (Å²) in [4.78, 5) is 29.4. The number of ether oxygens (including phenoxy) is 1. The van der Waals surface area contributed by atoms with Crippen molar-refractivity contribution in [1.82, 2.24) is 19.9 Å². The highest BCUT2D eigenvalue weighted by molar-refractivity contribution is 5.85. The number of hydrogen-bond donors (Lipinski definition) is 0. The molecule has 1 aromatic heterocycles.